The number of hydrogen-bond donors (Lipinski definition) is 1. The highest BCUT2D eigenvalue weighted by molar-refractivity contribution is 8.26. The second kappa shape index (κ2) is 9.89. The van der Waals surface area contributed by atoms with E-state index in [2.05, 4.69) is 19.1 Å². The lowest BCUT2D eigenvalue weighted by Gasteiger charge is -2.13. The van der Waals surface area contributed by atoms with Crippen molar-refractivity contribution < 1.29 is 19.1 Å². The van der Waals surface area contributed by atoms with Crippen LogP contribution in [0.3, 0.4) is 0 Å². The molecule has 1 amide bonds. The summed E-state index contributed by atoms with van der Waals surface area (Å²) in [6, 6.07) is 12.0. The quantitative estimate of drug-likeness (QED) is 0.329. The minimum Gasteiger partial charge on any atom is -0.481 e. The third kappa shape index (κ3) is 5.58. The Morgan fingerprint density at radius 3 is 2.62 bits per heavy atom. The van der Waals surface area contributed by atoms with Crippen LogP contribution >= 0.6 is 24.0 Å². The first-order chi connectivity index (χ1) is 14.0. The van der Waals surface area contributed by atoms with Crippen molar-refractivity contribution in [1.29, 1.82) is 0 Å². The molecule has 0 bridgehead atoms. The summed E-state index contributed by atoms with van der Waals surface area (Å²) in [6.07, 6.45) is 4.96. The number of aliphatic carboxylic acids is 1. The van der Waals surface area contributed by atoms with Gasteiger partial charge in [-0.05, 0) is 37.0 Å². The van der Waals surface area contributed by atoms with Crippen LogP contribution in [0, 0.1) is 0 Å². The number of furan rings is 1. The van der Waals surface area contributed by atoms with Gasteiger partial charge < -0.3 is 9.52 Å². The van der Waals surface area contributed by atoms with E-state index in [9.17, 15) is 9.59 Å². The van der Waals surface area contributed by atoms with Gasteiger partial charge in [-0.2, -0.15) is 0 Å². The topological polar surface area (TPSA) is 70.8 Å². The molecule has 2 heterocycles. The smallest absolute Gasteiger partial charge is 0.303 e. The molecule has 7 heteroatoms. The number of benzene rings is 1. The number of thiocarbonyl (C=S) groups is 1. The molecule has 1 fully saturated rings. The van der Waals surface area contributed by atoms with Crippen molar-refractivity contribution in [3.63, 3.8) is 0 Å². The summed E-state index contributed by atoms with van der Waals surface area (Å²) < 4.78 is 6.43. The number of carbonyl (C=O) groups excluding carboxylic acids is 1. The van der Waals surface area contributed by atoms with Gasteiger partial charge in [0, 0.05) is 24.6 Å². The standard InChI is InChI=1S/C22H23NO4S2/c1-2-15-7-9-16(10-8-15)18-12-11-17(27-18)14-19-21(26)23(22(28)29-19)13-5-3-4-6-20(24)25/h7-12,14H,2-6,13H2,1H3,(H,24,25)/b19-14-. The van der Waals surface area contributed by atoms with Crippen LogP contribution in [0.2, 0.25) is 0 Å². The molecule has 0 radical (unpaired) electrons. The Labute approximate surface area is 179 Å². The van der Waals surface area contributed by atoms with Crippen LogP contribution in [0.4, 0.5) is 0 Å². The van der Waals surface area contributed by atoms with E-state index in [4.69, 9.17) is 21.7 Å². The third-order valence-electron chi connectivity index (χ3n) is 4.69. The van der Waals surface area contributed by atoms with E-state index in [1.807, 2.05) is 24.3 Å². The Bertz CT molecular complexity index is 931. The second-order valence-corrected chi connectivity index (χ2v) is 8.47. The molecule has 0 unspecified atom stereocenters. The molecule has 0 aliphatic carbocycles. The Morgan fingerprint density at radius 1 is 1.17 bits per heavy atom. The molecule has 0 saturated carbocycles. The van der Waals surface area contributed by atoms with Crippen LogP contribution in [-0.2, 0) is 16.0 Å². The summed E-state index contributed by atoms with van der Waals surface area (Å²) in [4.78, 5) is 25.3. The molecule has 0 atom stereocenters. The largest absolute Gasteiger partial charge is 0.481 e. The van der Waals surface area contributed by atoms with Gasteiger partial charge in [0.15, 0.2) is 0 Å². The molecule has 1 aliphatic heterocycles. The fourth-order valence-corrected chi connectivity index (χ4v) is 4.32. The lowest BCUT2D eigenvalue weighted by atomic mass is 10.1. The second-order valence-electron chi connectivity index (χ2n) is 6.79. The molecule has 2 aromatic rings. The number of carboxylic acid groups (broad SMARTS) is 1. The third-order valence-corrected chi connectivity index (χ3v) is 6.07. The molecule has 1 saturated heterocycles. The van der Waals surface area contributed by atoms with Crippen LogP contribution in [0.1, 0.15) is 43.9 Å². The van der Waals surface area contributed by atoms with E-state index in [1.165, 1.54) is 17.3 Å². The van der Waals surface area contributed by atoms with Gasteiger partial charge in [0.2, 0.25) is 0 Å². The summed E-state index contributed by atoms with van der Waals surface area (Å²) in [5.74, 6) is 0.454. The summed E-state index contributed by atoms with van der Waals surface area (Å²) in [5.41, 5.74) is 2.27. The molecule has 3 rings (SSSR count). The summed E-state index contributed by atoms with van der Waals surface area (Å²) in [5, 5.41) is 8.68. The Balaban J connectivity index is 1.62. The highest BCUT2D eigenvalue weighted by Gasteiger charge is 2.31. The predicted molar refractivity (Wildman–Crippen MR) is 120 cm³/mol. The number of rotatable bonds is 9. The van der Waals surface area contributed by atoms with Gasteiger partial charge in [-0.15, -0.1) is 0 Å². The van der Waals surface area contributed by atoms with Crippen molar-refractivity contribution in [1.82, 2.24) is 4.90 Å². The Hall–Kier alpha value is -2.38. The number of amides is 1. The predicted octanol–water partition coefficient (Wildman–Crippen LogP) is 5.36. The monoisotopic (exact) mass is 429 g/mol. The van der Waals surface area contributed by atoms with E-state index in [-0.39, 0.29) is 12.3 Å². The van der Waals surface area contributed by atoms with Crippen LogP contribution in [0.25, 0.3) is 17.4 Å². The number of nitrogens with zero attached hydrogens (tertiary/aromatic N) is 1. The molecule has 1 aromatic carbocycles. The molecule has 0 spiro atoms. The zero-order valence-corrected chi connectivity index (χ0v) is 17.9. The molecular weight excluding hydrogens is 406 g/mol. The van der Waals surface area contributed by atoms with Gasteiger partial charge in [-0.25, -0.2) is 0 Å². The van der Waals surface area contributed by atoms with Gasteiger partial charge >= 0.3 is 5.97 Å². The minimum atomic E-state index is -0.794. The fourth-order valence-electron chi connectivity index (χ4n) is 3.04. The van der Waals surface area contributed by atoms with E-state index < -0.39 is 5.97 Å². The molecule has 1 aromatic heterocycles. The van der Waals surface area contributed by atoms with Gasteiger partial charge in [0.1, 0.15) is 15.8 Å². The average Bonchev–Trinajstić information content (AvgIpc) is 3.27. The number of thioether (sulfide) groups is 1. The van der Waals surface area contributed by atoms with Crippen molar-refractivity contribution in [3.05, 3.63) is 52.6 Å². The summed E-state index contributed by atoms with van der Waals surface area (Å²) in [6.45, 7) is 2.63. The van der Waals surface area contributed by atoms with Gasteiger partial charge in [0.05, 0.1) is 4.91 Å². The maximum atomic E-state index is 12.7. The number of hydrogen-bond acceptors (Lipinski definition) is 5. The number of carbonyl (C=O) groups is 2. The van der Waals surface area contributed by atoms with Crippen LogP contribution < -0.4 is 0 Å². The Morgan fingerprint density at radius 2 is 1.93 bits per heavy atom. The van der Waals surface area contributed by atoms with Gasteiger partial charge in [-0.3, -0.25) is 14.5 Å². The first-order valence-electron chi connectivity index (χ1n) is 9.64. The van der Waals surface area contributed by atoms with Crippen LogP contribution in [0.15, 0.2) is 45.7 Å². The highest BCUT2D eigenvalue weighted by Crippen LogP contribution is 2.34. The van der Waals surface area contributed by atoms with E-state index >= 15 is 0 Å². The lowest BCUT2D eigenvalue weighted by molar-refractivity contribution is -0.137. The lowest BCUT2D eigenvalue weighted by Crippen LogP contribution is -2.29. The molecular formula is C22H23NO4S2. The van der Waals surface area contributed by atoms with Crippen LogP contribution in [-0.4, -0.2) is 32.7 Å². The molecule has 1 N–H and O–H groups in total. The van der Waals surface area contributed by atoms with Crippen molar-refractivity contribution >= 4 is 46.3 Å². The maximum absolute atomic E-state index is 12.7. The van der Waals surface area contributed by atoms with Crippen molar-refractivity contribution in [3.8, 4) is 11.3 Å². The van der Waals surface area contributed by atoms with Crippen molar-refractivity contribution in [2.24, 2.45) is 0 Å². The maximum Gasteiger partial charge on any atom is 0.303 e. The van der Waals surface area contributed by atoms with Crippen molar-refractivity contribution in [2.45, 2.75) is 39.0 Å². The normalized spacial score (nSPS) is 15.5. The summed E-state index contributed by atoms with van der Waals surface area (Å²) in [7, 11) is 0. The number of aryl methyl sites for hydroxylation is 1. The molecule has 1 aliphatic rings. The van der Waals surface area contributed by atoms with E-state index in [0.29, 0.717) is 28.0 Å². The molecule has 152 valence electrons. The first-order valence-corrected chi connectivity index (χ1v) is 10.9. The average molecular weight is 430 g/mol. The zero-order chi connectivity index (χ0) is 20.8. The number of carboxylic acids is 1. The summed E-state index contributed by atoms with van der Waals surface area (Å²) >= 11 is 6.61. The number of unbranched alkanes of at least 4 members (excludes halogenated alkanes) is 2. The van der Waals surface area contributed by atoms with E-state index in [0.717, 1.165) is 30.6 Å². The zero-order valence-electron chi connectivity index (χ0n) is 16.2. The first kappa shape index (κ1) is 21.3. The minimum absolute atomic E-state index is 0.122. The highest BCUT2D eigenvalue weighted by atomic mass is 32.2. The SMILES string of the molecule is CCc1ccc(-c2ccc(/C=C3\SC(=S)N(CCCCCC(=O)O)C3=O)o2)cc1. The Kier molecular flexibility index (Phi) is 7.28. The van der Waals surface area contributed by atoms with E-state index in [1.54, 1.807) is 11.0 Å². The molecule has 5 nitrogen and oxygen atoms in total. The van der Waals surface area contributed by atoms with Gasteiger partial charge in [-0.1, -0.05) is 61.6 Å². The van der Waals surface area contributed by atoms with Crippen LogP contribution in [0.5, 0.6) is 0 Å². The van der Waals surface area contributed by atoms with Gasteiger partial charge in [0.25, 0.3) is 5.91 Å². The fraction of sp³-hybridized carbons (Fsp3) is 0.318. The van der Waals surface area contributed by atoms with Crippen molar-refractivity contribution in [2.75, 3.05) is 6.54 Å². The molecule has 29 heavy (non-hydrogen) atoms.